The molecule has 0 N–H and O–H groups in total. The predicted octanol–water partition coefficient (Wildman–Crippen LogP) is 2.52. The molecule has 3 heterocycles. The standard InChI is InChI=1S/C20H22N4O2/c1-14-6-3-7-15(12-14)19(25)23-11-5-8-16(13-23)24-18-17(9-4-10-21-18)22(2)20(24)26/h3-4,6-7,9-10,12,16H,5,8,11,13H2,1-2H3/t16-/m0/s1. The van der Waals surface area contributed by atoms with Gasteiger partial charge in [0.2, 0.25) is 0 Å². The minimum atomic E-state index is -0.0754. The summed E-state index contributed by atoms with van der Waals surface area (Å²) in [6.07, 6.45) is 3.45. The molecule has 0 saturated carbocycles. The molecule has 0 spiro atoms. The predicted molar refractivity (Wildman–Crippen MR) is 100 cm³/mol. The molecule has 0 bridgehead atoms. The first kappa shape index (κ1) is 16.6. The smallest absolute Gasteiger partial charge is 0.330 e. The number of piperidine rings is 1. The number of hydrogen-bond donors (Lipinski definition) is 0. The van der Waals surface area contributed by atoms with E-state index in [9.17, 15) is 9.59 Å². The summed E-state index contributed by atoms with van der Waals surface area (Å²) < 4.78 is 3.38. The summed E-state index contributed by atoms with van der Waals surface area (Å²) >= 11 is 0. The summed E-state index contributed by atoms with van der Waals surface area (Å²) in [5.74, 6) is 0.0274. The molecule has 4 rings (SSSR count). The topological polar surface area (TPSA) is 60.1 Å². The first-order valence-electron chi connectivity index (χ1n) is 8.94. The van der Waals surface area contributed by atoms with E-state index in [4.69, 9.17) is 0 Å². The van der Waals surface area contributed by atoms with E-state index in [1.54, 1.807) is 22.4 Å². The molecule has 26 heavy (non-hydrogen) atoms. The molecule has 6 nitrogen and oxygen atoms in total. The fourth-order valence-electron chi connectivity index (χ4n) is 3.83. The van der Waals surface area contributed by atoms with Crippen molar-refractivity contribution in [1.29, 1.82) is 0 Å². The van der Waals surface area contributed by atoms with E-state index in [0.717, 1.165) is 30.5 Å². The molecule has 1 atom stereocenters. The van der Waals surface area contributed by atoms with Gasteiger partial charge in [-0.15, -0.1) is 0 Å². The Morgan fingerprint density at radius 2 is 2.08 bits per heavy atom. The van der Waals surface area contributed by atoms with Crippen LogP contribution in [0.4, 0.5) is 0 Å². The van der Waals surface area contributed by atoms with Gasteiger partial charge in [-0.05, 0) is 44.0 Å². The third kappa shape index (κ3) is 2.71. The normalized spacial score (nSPS) is 17.6. The Morgan fingerprint density at radius 1 is 1.23 bits per heavy atom. The number of fused-ring (bicyclic) bond motifs is 1. The van der Waals surface area contributed by atoms with Crippen LogP contribution < -0.4 is 5.69 Å². The van der Waals surface area contributed by atoms with Crippen LogP contribution >= 0.6 is 0 Å². The molecule has 0 radical (unpaired) electrons. The van der Waals surface area contributed by atoms with Crippen LogP contribution in [0.15, 0.2) is 47.4 Å². The van der Waals surface area contributed by atoms with E-state index < -0.39 is 0 Å². The molecule has 134 valence electrons. The zero-order chi connectivity index (χ0) is 18.3. The summed E-state index contributed by atoms with van der Waals surface area (Å²) in [5, 5.41) is 0. The highest BCUT2D eigenvalue weighted by Gasteiger charge is 2.28. The SMILES string of the molecule is Cc1cccc(C(=O)N2CCC[C@H](n3c(=O)n(C)c4cccnc43)C2)c1. The van der Waals surface area contributed by atoms with E-state index >= 15 is 0 Å². The number of benzene rings is 1. The van der Waals surface area contributed by atoms with Gasteiger partial charge in [0.15, 0.2) is 5.65 Å². The number of rotatable bonds is 2. The molecular formula is C20H22N4O2. The van der Waals surface area contributed by atoms with Crippen LogP contribution in [0.1, 0.15) is 34.8 Å². The maximum absolute atomic E-state index is 12.9. The molecule has 0 unspecified atom stereocenters. The molecule has 2 aromatic heterocycles. The Hall–Kier alpha value is -2.89. The second-order valence-corrected chi connectivity index (χ2v) is 6.97. The minimum Gasteiger partial charge on any atom is -0.337 e. The van der Waals surface area contributed by atoms with Crippen molar-refractivity contribution in [3.8, 4) is 0 Å². The second kappa shape index (κ2) is 6.44. The first-order chi connectivity index (χ1) is 12.6. The van der Waals surface area contributed by atoms with E-state index in [-0.39, 0.29) is 17.6 Å². The quantitative estimate of drug-likeness (QED) is 0.713. The van der Waals surface area contributed by atoms with Gasteiger partial charge in [-0.3, -0.25) is 13.9 Å². The highest BCUT2D eigenvalue weighted by Crippen LogP contribution is 2.25. The Bertz CT molecular complexity index is 1030. The average Bonchev–Trinajstić information content (AvgIpc) is 2.92. The molecule has 3 aromatic rings. The third-order valence-corrected chi connectivity index (χ3v) is 5.16. The summed E-state index contributed by atoms with van der Waals surface area (Å²) in [7, 11) is 1.77. The number of carbonyl (C=O) groups excluding carboxylic acids is 1. The highest BCUT2D eigenvalue weighted by molar-refractivity contribution is 5.94. The number of nitrogens with zero attached hydrogens (tertiary/aromatic N) is 4. The minimum absolute atomic E-state index is 0.0274. The number of amides is 1. The van der Waals surface area contributed by atoms with Crippen molar-refractivity contribution >= 4 is 17.1 Å². The van der Waals surface area contributed by atoms with Crippen molar-refractivity contribution in [2.75, 3.05) is 13.1 Å². The number of aromatic nitrogens is 3. The fourth-order valence-corrected chi connectivity index (χ4v) is 3.83. The second-order valence-electron chi connectivity index (χ2n) is 6.97. The van der Waals surface area contributed by atoms with E-state index in [1.807, 2.05) is 48.2 Å². The van der Waals surface area contributed by atoms with Gasteiger partial charge in [-0.2, -0.15) is 0 Å². The van der Waals surface area contributed by atoms with Crippen LogP contribution in [0, 0.1) is 6.92 Å². The summed E-state index contributed by atoms with van der Waals surface area (Å²) in [6.45, 7) is 3.23. The molecule has 1 aliphatic heterocycles. The molecule has 1 aliphatic rings. The summed E-state index contributed by atoms with van der Waals surface area (Å²) in [5.41, 5.74) is 3.20. The van der Waals surface area contributed by atoms with Gasteiger partial charge in [0.05, 0.1) is 11.6 Å². The van der Waals surface area contributed by atoms with Crippen molar-refractivity contribution in [2.24, 2.45) is 7.05 Å². The number of hydrogen-bond acceptors (Lipinski definition) is 3. The lowest BCUT2D eigenvalue weighted by atomic mass is 10.0. The van der Waals surface area contributed by atoms with Crippen molar-refractivity contribution in [2.45, 2.75) is 25.8 Å². The molecule has 1 aromatic carbocycles. The Morgan fingerprint density at radius 3 is 2.88 bits per heavy atom. The van der Waals surface area contributed by atoms with E-state index in [0.29, 0.717) is 17.8 Å². The number of imidazole rings is 1. The largest absolute Gasteiger partial charge is 0.337 e. The number of pyridine rings is 1. The van der Waals surface area contributed by atoms with Crippen LogP contribution in [-0.2, 0) is 7.05 Å². The van der Waals surface area contributed by atoms with Crippen molar-refractivity contribution in [3.05, 3.63) is 64.2 Å². The molecule has 1 fully saturated rings. The van der Waals surface area contributed by atoms with Gasteiger partial charge in [0.25, 0.3) is 5.91 Å². The Balaban J connectivity index is 1.67. The van der Waals surface area contributed by atoms with Crippen molar-refractivity contribution < 1.29 is 4.79 Å². The molecule has 1 amide bonds. The average molecular weight is 350 g/mol. The number of aryl methyl sites for hydroxylation is 2. The summed E-state index contributed by atoms with van der Waals surface area (Å²) in [4.78, 5) is 31.9. The van der Waals surface area contributed by atoms with Gasteiger partial charge >= 0.3 is 5.69 Å². The monoisotopic (exact) mass is 350 g/mol. The zero-order valence-electron chi connectivity index (χ0n) is 15.1. The van der Waals surface area contributed by atoms with Crippen LogP contribution in [0.2, 0.25) is 0 Å². The molecule has 6 heteroatoms. The lowest BCUT2D eigenvalue weighted by Gasteiger charge is -2.33. The Labute approximate surface area is 151 Å². The zero-order valence-corrected chi connectivity index (χ0v) is 15.1. The Kier molecular flexibility index (Phi) is 4.11. The fraction of sp³-hybridized carbons (Fsp3) is 0.350. The lowest BCUT2D eigenvalue weighted by Crippen LogP contribution is -2.43. The number of carbonyl (C=O) groups is 1. The van der Waals surface area contributed by atoms with Gasteiger partial charge in [0.1, 0.15) is 0 Å². The lowest BCUT2D eigenvalue weighted by molar-refractivity contribution is 0.0679. The van der Waals surface area contributed by atoms with Crippen LogP contribution in [-0.4, -0.2) is 38.0 Å². The maximum Gasteiger partial charge on any atom is 0.330 e. The molecule has 0 aliphatic carbocycles. The molecule has 1 saturated heterocycles. The van der Waals surface area contributed by atoms with Gasteiger partial charge in [0, 0.05) is 31.9 Å². The van der Waals surface area contributed by atoms with E-state index in [2.05, 4.69) is 4.98 Å². The number of likely N-dealkylation sites (tertiary alicyclic amines) is 1. The van der Waals surface area contributed by atoms with Gasteiger partial charge in [-0.25, -0.2) is 9.78 Å². The van der Waals surface area contributed by atoms with Crippen LogP contribution in [0.25, 0.3) is 11.2 Å². The highest BCUT2D eigenvalue weighted by atomic mass is 16.2. The maximum atomic E-state index is 12.9. The van der Waals surface area contributed by atoms with E-state index in [1.165, 1.54) is 0 Å². The van der Waals surface area contributed by atoms with Crippen LogP contribution in [0.5, 0.6) is 0 Å². The first-order valence-corrected chi connectivity index (χ1v) is 8.94. The third-order valence-electron chi connectivity index (χ3n) is 5.16. The van der Waals surface area contributed by atoms with Crippen LogP contribution in [0.3, 0.4) is 0 Å². The van der Waals surface area contributed by atoms with Crippen molar-refractivity contribution in [1.82, 2.24) is 19.0 Å². The summed E-state index contributed by atoms with van der Waals surface area (Å²) in [6, 6.07) is 11.3. The van der Waals surface area contributed by atoms with Crippen molar-refractivity contribution in [3.63, 3.8) is 0 Å². The molecular weight excluding hydrogens is 328 g/mol. The van der Waals surface area contributed by atoms with Gasteiger partial charge < -0.3 is 4.90 Å². The van der Waals surface area contributed by atoms with Gasteiger partial charge in [-0.1, -0.05) is 17.7 Å².